The molecule has 0 aliphatic rings. The van der Waals surface area contributed by atoms with Crippen LogP contribution in [0.5, 0.6) is 5.75 Å². The van der Waals surface area contributed by atoms with Crippen LogP contribution in [0, 0.1) is 13.8 Å². The lowest BCUT2D eigenvalue weighted by Gasteiger charge is -2.12. The molecule has 1 aromatic carbocycles. The molecule has 0 radical (unpaired) electrons. The zero-order chi connectivity index (χ0) is 14.9. The molecule has 20 heavy (non-hydrogen) atoms. The smallest absolute Gasteiger partial charge is 0.343 e. The highest BCUT2D eigenvalue weighted by atomic mass is 16.5. The van der Waals surface area contributed by atoms with Crippen LogP contribution in [0.25, 0.3) is 11.3 Å². The zero-order valence-corrected chi connectivity index (χ0v) is 11.5. The standard InChI is InChI=1S/C14H16N2O4/c1-4-20-10-6-7(2)9(5-8(10)3)12-11(14(18)19)13(17)16-15-12/h5-6H,4H2,1-3H3,(H,18,19)(H2,15,16,17). The van der Waals surface area contributed by atoms with Gasteiger partial charge in [-0.2, -0.15) is 0 Å². The Balaban J connectivity index is 2.62. The van der Waals surface area contributed by atoms with Crippen molar-refractivity contribution < 1.29 is 14.6 Å². The molecule has 3 N–H and O–H groups in total. The van der Waals surface area contributed by atoms with Crippen molar-refractivity contribution in [3.05, 3.63) is 39.2 Å². The first-order valence-electron chi connectivity index (χ1n) is 6.24. The van der Waals surface area contributed by atoms with Crippen molar-refractivity contribution in [2.75, 3.05) is 6.61 Å². The fourth-order valence-electron chi connectivity index (χ4n) is 2.13. The lowest BCUT2D eigenvalue weighted by molar-refractivity contribution is 0.0696. The van der Waals surface area contributed by atoms with Gasteiger partial charge in [0.1, 0.15) is 5.75 Å². The van der Waals surface area contributed by atoms with Crippen LogP contribution in [0.2, 0.25) is 0 Å². The first-order valence-corrected chi connectivity index (χ1v) is 6.24. The van der Waals surface area contributed by atoms with E-state index in [1.807, 2.05) is 32.9 Å². The van der Waals surface area contributed by atoms with Crippen LogP contribution >= 0.6 is 0 Å². The van der Waals surface area contributed by atoms with Crippen molar-refractivity contribution in [2.45, 2.75) is 20.8 Å². The topological polar surface area (TPSA) is 95.2 Å². The minimum Gasteiger partial charge on any atom is -0.494 e. The first-order chi connectivity index (χ1) is 9.45. The summed E-state index contributed by atoms with van der Waals surface area (Å²) in [7, 11) is 0. The van der Waals surface area contributed by atoms with Crippen molar-refractivity contribution in [1.82, 2.24) is 10.2 Å². The quantitative estimate of drug-likeness (QED) is 0.796. The summed E-state index contributed by atoms with van der Waals surface area (Å²) in [6, 6.07) is 3.65. The Hall–Kier alpha value is -2.50. The lowest BCUT2D eigenvalue weighted by atomic mass is 9.99. The number of aryl methyl sites for hydroxylation is 2. The van der Waals surface area contributed by atoms with Crippen molar-refractivity contribution in [1.29, 1.82) is 0 Å². The Kier molecular flexibility index (Phi) is 3.65. The van der Waals surface area contributed by atoms with Crippen molar-refractivity contribution in [2.24, 2.45) is 0 Å². The van der Waals surface area contributed by atoms with Gasteiger partial charge < -0.3 is 9.84 Å². The highest BCUT2D eigenvalue weighted by molar-refractivity contribution is 5.95. The number of aromatic amines is 2. The maximum absolute atomic E-state index is 11.5. The number of carboxylic acid groups (broad SMARTS) is 1. The Morgan fingerprint density at radius 1 is 1.25 bits per heavy atom. The van der Waals surface area contributed by atoms with E-state index in [4.69, 9.17) is 9.84 Å². The number of rotatable bonds is 4. The number of aromatic nitrogens is 2. The van der Waals surface area contributed by atoms with Crippen molar-refractivity contribution >= 4 is 5.97 Å². The number of H-pyrrole nitrogens is 2. The van der Waals surface area contributed by atoms with E-state index < -0.39 is 11.5 Å². The molecule has 0 spiro atoms. The molecule has 0 aliphatic carbocycles. The maximum Gasteiger partial charge on any atom is 0.343 e. The number of benzene rings is 1. The SMILES string of the molecule is CCOc1cc(C)c(-c2[nH][nH]c(=O)c2C(=O)O)cc1C. The molecule has 0 amide bonds. The number of carbonyl (C=O) groups is 1. The monoisotopic (exact) mass is 276 g/mol. The van der Waals surface area contributed by atoms with Crippen LogP contribution in [0.1, 0.15) is 28.4 Å². The van der Waals surface area contributed by atoms with Gasteiger partial charge in [0, 0.05) is 5.56 Å². The predicted octanol–water partition coefficient (Wildman–Crippen LogP) is 2.08. The first kappa shape index (κ1) is 13.9. The van der Waals surface area contributed by atoms with Gasteiger partial charge in [0.25, 0.3) is 5.56 Å². The van der Waals surface area contributed by atoms with Crippen LogP contribution in [-0.4, -0.2) is 27.9 Å². The van der Waals surface area contributed by atoms with Gasteiger partial charge in [0.2, 0.25) is 0 Å². The summed E-state index contributed by atoms with van der Waals surface area (Å²) < 4.78 is 5.50. The molecule has 106 valence electrons. The Morgan fingerprint density at radius 3 is 2.55 bits per heavy atom. The van der Waals surface area contributed by atoms with Crippen LogP contribution in [0.4, 0.5) is 0 Å². The second-order valence-corrected chi connectivity index (χ2v) is 4.50. The average molecular weight is 276 g/mol. The maximum atomic E-state index is 11.5. The largest absolute Gasteiger partial charge is 0.494 e. The fraction of sp³-hybridized carbons (Fsp3) is 0.286. The van der Waals surface area contributed by atoms with Gasteiger partial charge in [-0.3, -0.25) is 15.0 Å². The molecular weight excluding hydrogens is 260 g/mol. The molecule has 0 atom stereocenters. The van der Waals surface area contributed by atoms with E-state index >= 15 is 0 Å². The van der Waals surface area contributed by atoms with E-state index in [2.05, 4.69) is 10.2 Å². The van der Waals surface area contributed by atoms with E-state index in [-0.39, 0.29) is 11.3 Å². The Labute approximate surface area is 115 Å². The number of hydrogen-bond acceptors (Lipinski definition) is 3. The van der Waals surface area contributed by atoms with Crippen molar-refractivity contribution in [3.63, 3.8) is 0 Å². The van der Waals surface area contributed by atoms with Crippen LogP contribution < -0.4 is 10.3 Å². The zero-order valence-electron chi connectivity index (χ0n) is 11.5. The van der Waals surface area contributed by atoms with Gasteiger partial charge in [-0.1, -0.05) is 0 Å². The minimum atomic E-state index is -1.26. The molecule has 0 saturated carbocycles. The molecule has 0 aliphatic heterocycles. The highest BCUT2D eigenvalue weighted by Crippen LogP contribution is 2.30. The summed E-state index contributed by atoms with van der Waals surface area (Å²) in [6.45, 7) is 6.17. The van der Waals surface area contributed by atoms with E-state index in [1.165, 1.54) is 0 Å². The lowest BCUT2D eigenvalue weighted by Crippen LogP contribution is -2.12. The molecule has 1 heterocycles. The summed E-state index contributed by atoms with van der Waals surface area (Å²) in [5.74, 6) is -0.503. The van der Waals surface area contributed by atoms with Gasteiger partial charge in [-0.25, -0.2) is 4.79 Å². The molecule has 1 aromatic heterocycles. The average Bonchev–Trinajstić information content (AvgIpc) is 2.75. The minimum absolute atomic E-state index is 0.281. The molecule has 6 heteroatoms. The van der Waals surface area contributed by atoms with Gasteiger partial charge in [-0.15, -0.1) is 0 Å². The predicted molar refractivity (Wildman–Crippen MR) is 74.5 cm³/mol. The summed E-state index contributed by atoms with van der Waals surface area (Å²) in [4.78, 5) is 22.7. The van der Waals surface area contributed by atoms with Gasteiger partial charge in [-0.05, 0) is 44.0 Å². The van der Waals surface area contributed by atoms with Crippen LogP contribution in [-0.2, 0) is 0 Å². The van der Waals surface area contributed by atoms with Gasteiger partial charge >= 0.3 is 5.97 Å². The third-order valence-corrected chi connectivity index (χ3v) is 3.08. The fourth-order valence-corrected chi connectivity index (χ4v) is 2.13. The number of ether oxygens (including phenoxy) is 1. The number of aromatic carboxylic acids is 1. The molecule has 0 fully saturated rings. The Bertz CT molecular complexity index is 712. The molecule has 2 rings (SSSR count). The van der Waals surface area contributed by atoms with E-state index in [0.29, 0.717) is 12.2 Å². The van der Waals surface area contributed by atoms with Gasteiger partial charge in [0.05, 0.1) is 12.3 Å². The van der Waals surface area contributed by atoms with E-state index in [9.17, 15) is 9.59 Å². The number of carboxylic acids is 1. The molecule has 0 bridgehead atoms. The normalized spacial score (nSPS) is 10.6. The van der Waals surface area contributed by atoms with Crippen molar-refractivity contribution in [3.8, 4) is 17.0 Å². The molecule has 2 aromatic rings. The summed E-state index contributed by atoms with van der Waals surface area (Å²) >= 11 is 0. The van der Waals surface area contributed by atoms with E-state index in [0.717, 1.165) is 16.9 Å². The highest BCUT2D eigenvalue weighted by Gasteiger charge is 2.20. The number of nitrogens with one attached hydrogen (secondary N) is 2. The molecular formula is C14H16N2O4. The molecule has 0 unspecified atom stereocenters. The summed E-state index contributed by atoms with van der Waals surface area (Å²) in [5, 5.41) is 14.1. The van der Waals surface area contributed by atoms with Gasteiger partial charge in [0.15, 0.2) is 5.56 Å². The summed E-state index contributed by atoms with van der Waals surface area (Å²) in [5.41, 5.74) is 1.74. The molecule has 6 nitrogen and oxygen atoms in total. The third-order valence-electron chi connectivity index (χ3n) is 3.08. The van der Waals surface area contributed by atoms with E-state index in [1.54, 1.807) is 0 Å². The summed E-state index contributed by atoms with van der Waals surface area (Å²) in [6.07, 6.45) is 0. The van der Waals surface area contributed by atoms with Crippen LogP contribution in [0.15, 0.2) is 16.9 Å². The third kappa shape index (κ3) is 2.32. The molecule has 0 saturated heterocycles. The second kappa shape index (κ2) is 5.24. The Morgan fingerprint density at radius 2 is 1.95 bits per heavy atom. The second-order valence-electron chi connectivity index (χ2n) is 4.50. The number of hydrogen-bond donors (Lipinski definition) is 3. The van der Waals surface area contributed by atoms with Crippen LogP contribution in [0.3, 0.4) is 0 Å².